The molecule has 4 heteroatoms. The van der Waals surface area contributed by atoms with E-state index in [4.69, 9.17) is 5.26 Å². The summed E-state index contributed by atoms with van der Waals surface area (Å²) in [6.45, 7) is 2.96. The average molecular weight is 243 g/mol. The Morgan fingerprint density at radius 3 is 3.00 bits per heavy atom. The molecule has 0 spiro atoms. The van der Waals surface area contributed by atoms with Crippen LogP contribution < -0.4 is 10.6 Å². The summed E-state index contributed by atoms with van der Waals surface area (Å²) in [4.78, 5) is 12.1. The van der Waals surface area contributed by atoms with Crippen LogP contribution in [0, 0.1) is 17.2 Å². The van der Waals surface area contributed by atoms with Gasteiger partial charge in [0.15, 0.2) is 0 Å². The van der Waals surface area contributed by atoms with E-state index in [1.165, 1.54) is 0 Å². The highest BCUT2D eigenvalue weighted by Crippen LogP contribution is 2.20. The van der Waals surface area contributed by atoms with E-state index in [2.05, 4.69) is 23.6 Å². The number of nitrogens with zero attached hydrogens (tertiary/aromatic N) is 1. The third-order valence-electron chi connectivity index (χ3n) is 3.30. The van der Waals surface area contributed by atoms with Crippen molar-refractivity contribution in [1.29, 1.82) is 5.26 Å². The van der Waals surface area contributed by atoms with Gasteiger partial charge in [-0.15, -0.1) is 0 Å². The van der Waals surface area contributed by atoms with Gasteiger partial charge < -0.3 is 10.6 Å². The highest BCUT2D eigenvalue weighted by molar-refractivity contribution is 5.93. The van der Waals surface area contributed by atoms with Crippen LogP contribution >= 0.6 is 0 Å². The lowest BCUT2D eigenvalue weighted by molar-refractivity contribution is -0.120. The predicted octanol–water partition coefficient (Wildman–Crippen LogP) is 1.88. The number of anilines is 1. The van der Waals surface area contributed by atoms with Crippen LogP contribution in [0.4, 0.5) is 5.69 Å². The molecule has 1 saturated heterocycles. The third kappa shape index (κ3) is 2.88. The van der Waals surface area contributed by atoms with Crippen molar-refractivity contribution < 1.29 is 4.79 Å². The molecule has 2 N–H and O–H groups in total. The summed E-state index contributed by atoms with van der Waals surface area (Å²) < 4.78 is 0. The standard InChI is InChI=1S/C14H17N3O/c1-10-8-11(6-7-16-10)14(18)17-13-5-3-2-4-12(13)9-15/h2-5,10-11,16H,6-8H2,1H3,(H,17,18). The van der Waals surface area contributed by atoms with Gasteiger partial charge in [0.1, 0.15) is 6.07 Å². The first-order valence-electron chi connectivity index (χ1n) is 6.24. The molecule has 1 fully saturated rings. The minimum absolute atomic E-state index is 0.0195. The van der Waals surface area contributed by atoms with Gasteiger partial charge in [0, 0.05) is 12.0 Å². The van der Waals surface area contributed by atoms with Crippen LogP contribution in [0.5, 0.6) is 0 Å². The third-order valence-corrected chi connectivity index (χ3v) is 3.30. The van der Waals surface area contributed by atoms with Crippen molar-refractivity contribution in [3.63, 3.8) is 0 Å². The van der Waals surface area contributed by atoms with Crippen molar-refractivity contribution in [3.8, 4) is 6.07 Å². The van der Waals surface area contributed by atoms with Gasteiger partial charge in [-0.3, -0.25) is 4.79 Å². The molecule has 1 aliphatic rings. The zero-order valence-electron chi connectivity index (χ0n) is 10.4. The molecule has 1 heterocycles. The van der Waals surface area contributed by atoms with Gasteiger partial charge in [0.25, 0.3) is 0 Å². The highest BCUT2D eigenvalue weighted by atomic mass is 16.1. The summed E-state index contributed by atoms with van der Waals surface area (Å²) in [6.07, 6.45) is 1.70. The number of piperidine rings is 1. The van der Waals surface area contributed by atoms with Gasteiger partial charge in [-0.1, -0.05) is 12.1 Å². The monoisotopic (exact) mass is 243 g/mol. The van der Waals surface area contributed by atoms with Crippen molar-refractivity contribution in [2.45, 2.75) is 25.8 Å². The predicted molar refractivity (Wildman–Crippen MR) is 70.0 cm³/mol. The molecule has 0 radical (unpaired) electrons. The maximum atomic E-state index is 12.1. The first-order chi connectivity index (χ1) is 8.70. The highest BCUT2D eigenvalue weighted by Gasteiger charge is 2.24. The summed E-state index contributed by atoms with van der Waals surface area (Å²) in [5.41, 5.74) is 1.11. The zero-order valence-corrected chi connectivity index (χ0v) is 10.4. The van der Waals surface area contributed by atoms with Crippen LogP contribution in [-0.4, -0.2) is 18.5 Å². The molecule has 0 saturated carbocycles. The molecular formula is C14H17N3O. The van der Waals surface area contributed by atoms with Gasteiger partial charge in [-0.25, -0.2) is 0 Å². The number of benzene rings is 1. The molecule has 2 unspecified atom stereocenters. The number of rotatable bonds is 2. The van der Waals surface area contributed by atoms with E-state index >= 15 is 0 Å². The topological polar surface area (TPSA) is 64.9 Å². The van der Waals surface area contributed by atoms with Gasteiger partial charge in [-0.05, 0) is 38.4 Å². The second-order valence-electron chi connectivity index (χ2n) is 4.72. The van der Waals surface area contributed by atoms with Gasteiger partial charge in [-0.2, -0.15) is 5.26 Å². The molecule has 0 aliphatic carbocycles. The Morgan fingerprint density at radius 2 is 2.28 bits per heavy atom. The van der Waals surface area contributed by atoms with Crippen LogP contribution in [0.25, 0.3) is 0 Å². The fraction of sp³-hybridized carbons (Fsp3) is 0.429. The fourth-order valence-corrected chi connectivity index (χ4v) is 2.29. The number of hydrogen-bond donors (Lipinski definition) is 2. The zero-order chi connectivity index (χ0) is 13.0. The van der Waals surface area contributed by atoms with Crippen molar-refractivity contribution in [2.24, 2.45) is 5.92 Å². The Hall–Kier alpha value is -1.86. The van der Waals surface area contributed by atoms with Crippen molar-refractivity contribution in [3.05, 3.63) is 29.8 Å². The molecule has 4 nitrogen and oxygen atoms in total. The maximum absolute atomic E-state index is 12.1. The summed E-state index contributed by atoms with van der Waals surface area (Å²) in [6, 6.07) is 9.55. The second kappa shape index (κ2) is 5.65. The lowest BCUT2D eigenvalue weighted by Crippen LogP contribution is -2.40. The molecule has 0 aromatic heterocycles. The van der Waals surface area contributed by atoms with E-state index in [0.29, 0.717) is 17.3 Å². The van der Waals surface area contributed by atoms with Gasteiger partial charge >= 0.3 is 0 Å². The fourth-order valence-electron chi connectivity index (χ4n) is 2.29. The van der Waals surface area contributed by atoms with E-state index in [9.17, 15) is 4.79 Å². The molecule has 0 bridgehead atoms. The molecule has 18 heavy (non-hydrogen) atoms. The smallest absolute Gasteiger partial charge is 0.227 e. The van der Waals surface area contributed by atoms with Crippen LogP contribution in [0.2, 0.25) is 0 Å². The summed E-state index contributed by atoms with van der Waals surface area (Å²) in [5.74, 6) is 0.0547. The van der Waals surface area contributed by atoms with E-state index in [0.717, 1.165) is 19.4 Å². The number of nitriles is 1. The minimum Gasteiger partial charge on any atom is -0.325 e. The number of carbonyl (C=O) groups is 1. The quantitative estimate of drug-likeness (QED) is 0.833. The average Bonchev–Trinajstić information content (AvgIpc) is 2.39. The Labute approximate surface area is 107 Å². The largest absolute Gasteiger partial charge is 0.325 e. The van der Waals surface area contributed by atoms with Crippen LogP contribution in [0.1, 0.15) is 25.3 Å². The SMILES string of the molecule is CC1CC(C(=O)Nc2ccccc2C#N)CCN1. The van der Waals surface area contributed by atoms with E-state index in [1.54, 1.807) is 18.2 Å². The van der Waals surface area contributed by atoms with Crippen LogP contribution in [-0.2, 0) is 4.79 Å². The van der Waals surface area contributed by atoms with E-state index < -0.39 is 0 Å². The van der Waals surface area contributed by atoms with E-state index in [-0.39, 0.29) is 11.8 Å². The Morgan fingerprint density at radius 1 is 1.50 bits per heavy atom. The first-order valence-corrected chi connectivity index (χ1v) is 6.24. The Kier molecular flexibility index (Phi) is 3.96. The maximum Gasteiger partial charge on any atom is 0.227 e. The molecule has 94 valence electrons. The second-order valence-corrected chi connectivity index (χ2v) is 4.72. The molecule has 2 atom stereocenters. The Bertz CT molecular complexity index is 478. The molecular weight excluding hydrogens is 226 g/mol. The number of nitrogens with one attached hydrogen (secondary N) is 2. The van der Waals surface area contributed by atoms with Crippen LogP contribution in [0.3, 0.4) is 0 Å². The lowest BCUT2D eigenvalue weighted by atomic mass is 9.92. The van der Waals surface area contributed by atoms with Crippen molar-refractivity contribution >= 4 is 11.6 Å². The molecule has 2 rings (SSSR count). The first kappa shape index (κ1) is 12.6. The van der Waals surface area contributed by atoms with Gasteiger partial charge in [0.05, 0.1) is 11.3 Å². The number of amides is 1. The van der Waals surface area contributed by atoms with Crippen molar-refractivity contribution in [1.82, 2.24) is 5.32 Å². The van der Waals surface area contributed by atoms with Gasteiger partial charge in [0.2, 0.25) is 5.91 Å². The normalized spacial score (nSPS) is 23.1. The molecule has 1 amide bonds. The number of carbonyl (C=O) groups excluding carboxylic acids is 1. The summed E-state index contributed by atoms with van der Waals surface area (Å²) >= 11 is 0. The van der Waals surface area contributed by atoms with Crippen LogP contribution in [0.15, 0.2) is 24.3 Å². The summed E-state index contributed by atoms with van der Waals surface area (Å²) in [7, 11) is 0. The molecule has 1 aliphatic heterocycles. The molecule has 1 aromatic rings. The van der Waals surface area contributed by atoms with Crippen molar-refractivity contribution in [2.75, 3.05) is 11.9 Å². The number of para-hydroxylation sites is 1. The lowest BCUT2D eigenvalue weighted by Gasteiger charge is -2.27. The molecule has 1 aromatic carbocycles. The number of hydrogen-bond acceptors (Lipinski definition) is 3. The van der Waals surface area contributed by atoms with E-state index in [1.807, 2.05) is 6.07 Å². The summed E-state index contributed by atoms with van der Waals surface area (Å²) in [5, 5.41) is 15.2. The Balaban J connectivity index is 2.05. The minimum atomic E-state index is 0.0195.